The summed E-state index contributed by atoms with van der Waals surface area (Å²) in [7, 11) is -3.65. The number of amides is 1. The number of carbonyl (C=O) groups is 1. The van der Waals surface area contributed by atoms with Crippen LogP contribution in [0.15, 0.2) is 48.5 Å². The van der Waals surface area contributed by atoms with Crippen molar-refractivity contribution in [3.63, 3.8) is 0 Å². The highest BCUT2D eigenvalue weighted by Crippen LogP contribution is 2.23. The first-order valence-electron chi connectivity index (χ1n) is 9.27. The monoisotopic (exact) mass is 404 g/mol. The van der Waals surface area contributed by atoms with Crippen LogP contribution in [-0.2, 0) is 21.2 Å². The molecule has 0 aromatic heterocycles. The predicted octanol–water partition coefficient (Wildman–Crippen LogP) is 3.83. The fourth-order valence-corrected chi connectivity index (χ4v) is 4.03. The zero-order valence-electron chi connectivity index (χ0n) is 17.0. The lowest BCUT2D eigenvalue weighted by atomic mass is 10.1. The minimum Gasteiger partial charge on any atom is -0.491 e. The first-order valence-corrected chi connectivity index (χ1v) is 11.1. The van der Waals surface area contributed by atoms with Crippen molar-refractivity contribution in [2.45, 2.75) is 46.3 Å². The second-order valence-corrected chi connectivity index (χ2v) is 8.80. The number of anilines is 2. The quantitative estimate of drug-likeness (QED) is 0.725. The standard InChI is InChI=1S/C21H28N2O4S/c1-6-17-10-12-19(13-11-17)23(28(5,25)26)16(4)21(24)22-18-8-7-9-20(14-18)27-15(2)3/h7-16H,6H2,1-5H3,(H,22,24). The van der Waals surface area contributed by atoms with E-state index in [9.17, 15) is 13.2 Å². The molecule has 0 saturated heterocycles. The van der Waals surface area contributed by atoms with Crippen molar-refractivity contribution in [3.05, 3.63) is 54.1 Å². The van der Waals surface area contributed by atoms with E-state index >= 15 is 0 Å². The number of ether oxygens (including phenoxy) is 1. The number of carbonyl (C=O) groups excluding carboxylic acids is 1. The maximum Gasteiger partial charge on any atom is 0.247 e. The number of nitrogens with zero attached hydrogens (tertiary/aromatic N) is 1. The topological polar surface area (TPSA) is 75.7 Å². The van der Waals surface area contributed by atoms with E-state index in [0.29, 0.717) is 17.1 Å². The number of sulfonamides is 1. The van der Waals surface area contributed by atoms with Gasteiger partial charge in [0.25, 0.3) is 0 Å². The third-order valence-corrected chi connectivity index (χ3v) is 5.40. The summed E-state index contributed by atoms with van der Waals surface area (Å²) in [6.07, 6.45) is 1.96. The van der Waals surface area contributed by atoms with Crippen molar-refractivity contribution in [1.82, 2.24) is 0 Å². The van der Waals surface area contributed by atoms with Crippen molar-refractivity contribution in [1.29, 1.82) is 0 Å². The Labute approximate surface area is 167 Å². The number of nitrogens with one attached hydrogen (secondary N) is 1. The molecule has 0 aliphatic rings. The lowest BCUT2D eigenvalue weighted by molar-refractivity contribution is -0.116. The van der Waals surface area contributed by atoms with E-state index in [1.807, 2.05) is 32.9 Å². The lowest BCUT2D eigenvalue weighted by Gasteiger charge is -2.28. The van der Waals surface area contributed by atoms with E-state index in [0.717, 1.165) is 22.5 Å². The molecule has 2 aromatic carbocycles. The molecule has 1 atom stereocenters. The SMILES string of the molecule is CCc1ccc(N(C(C)C(=O)Nc2cccc(OC(C)C)c2)S(C)(=O)=O)cc1. The second-order valence-electron chi connectivity index (χ2n) is 6.94. The highest BCUT2D eigenvalue weighted by Gasteiger charge is 2.29. The first-order chi connectivity index (χ1) is 13.1. The van der Waals surface area contributed by atoms with Crippen LogP contribution in [0.1, 0.15) is 33.3 Å². The van der Waals surface area contributed by atoms with E-state index in [2.05, 4.69) is 5.32 Å². The zero-order valence-corrected chi connectivity index (χ0v) is 17.8. The summed E-state index contributed by atoms with van der Waals surface area (Å²) in [5.41, 5.74) is 2.10. The number of aryl methyl sites for hydroxylation is 1. The third kappa shape index (κ3) is 5.73. The fourth-order valence-electron chi connectivity index (χ4n) is 2.85. The first kappa shape index (κ1) is 21.8. The van der Waals surface area contributed by atoms with Crippen molar-refractivity contribution < 1.29 is 17.9 Å². The molecule has 2 aromatic rings. The Balaban J connectivity index is 2.24. The zero-order chi connectivity index (χ0) is 20.9. The molecule has 0 bridgehead atoms. The van der Waals surface area contributed by atoms with Gasteiger partial charge in [0.2, 0.25) is 15.9 Å². The van der Waals surface area contributed by atoms with Gasteiger partial charge in [-0.25, -0.2) is 8.42 Å². The second kappa shape index (κ2) is 9.10. The molecule has 0 spiro atoms. The van der Waals surface area contributed by atoms with E-state index in [-0.39, 0.29) is 6.10 Å². The predicted molar refractivity (Wildman–Crippen MR) is 113 cm³/mol. The molecular weight excluding hydrogens is 376 g/mol. The van der Waals surface area contributed by atoms with Crippen molar-refractivity contribution in [2.24, 2.45) is 0 Å². The number of benzene rings is 2. The largest absolute Gasteiger partial charge is 0.491 e. The fraction of sp³-hybridized carbons (Fsp3) is 0.381. The van der Waals surface area contributed by atoms with Crippen LogP contribution in [0.3, 0.4) is 0 Å². The molecule has 1 N–H and O–H groups in total. The molecule has 0 aliphatic carbocycles. The van der Waals surface area contributed by atoms with Gasteiger partial charge in [-0.15, -0.1) is 0 Å². The molecule has 7 heteroatoms. The average molecular weight is 405 g/mol. The van der Waals surface area contributed by atoms with Gasteiger partial charge >= 0.3 is 0 Å². The smallest absolute Gasteiger partial charge is 0.247 e. The highest BCUT2D eigenvalue weighted by atomic mass is 32.2. The Hall–Kier alpha value is -2.54. The molecule has 0 heterocycles. The van der Waals surface area contributed by atoms with Gasteiger partial charge in [0.05, 0.1) is 18.0 Å². The summed E-state index contributed by atoms with van der Waals surface area (Å²) in [5.74, 6) is 0.210. The molecule has 0 saturated carbocycles. The van der Waals surface area contributed by atoms with Crippen LogP contribution in [0.2, 0.25) is 0 Å². The Kier molecular flexibility index (Phi) is 7.07. The third-order valence-electron chi connectivity index (χ3n) is 4.16. The molecule has 0 fully saturated rings. The summed E-state index contributed by atoms with van der Waals surface area (Å²) >= 11 is 0. The molecule has 28 heavy (non-hydrogen) atoms. The molecule has 1 amide bonds. The molecular formula is C21H28N2O4S. The minimum absolute atomic E-state index is 0.0108. The van der Waals surface area contributed by atoms with Gasteiger partial charge < -0.3 is 10.1 Å². The lowest BCUT2D eigenvalue weighted by Crippen LogP contribution is -2.45. The van der Waals surface area contributed by atoms with Crippen LogP contribution >= 0.6 is 0 Å². The van der Waals surface area contributed by atoms with Gasteiger partial charge in [-0.2, -0.15) is 0 Å². The van der Waals surface area contributed by atoms with Crippen LogP contribution in [0, 0.1) is 0 Å². The molecule has 152 valence electrons. The number of rotatable bonds is 8. The van der Waals surface area contributed by atoms with Gasteiger partial charge in [-0.1, -0.05) is 25.1 Å². The van der Waals surface area contributed by atoms with Crippen LogP contribution < -0.4 is 14.4 Å². The van der Waals surface area contributed by atoms with Crippen molar-refractivity contribution in [2.75, 3.05) is 15.9 Å². The van der Waals surface area contributed by atoms with Gasteiger partial charge in [0.15, 0.2) is 0 Å². The average Bonchev–Trinajstić information content (AvgIpc) is 2.61. The minimum atomic E-state index is -3.65. The summed E-state index contributed by atoms with van der Waals surface area (Å²) < 4.78 is 31.5. The van der Waals surface area contributed by atoms with Crippen LogP contribution in [-0.4, -0.2) is 32.7 Å². The Morgan fingerprint density at radius 1 is 1.11 bits per heavy atom. The van der Waals surface area contributed by atoms with Gasteiger partial charge in [-0.3, -0.25) is 9.10 Å². The normalized spacial score (nSPS) is 12.5. The molecule has 0 radical (unpaired) electrons. The van der Waals surface area contributed by atoms with Gasteiger partial charge in [0, 0.05) is 11.8 Å². The van der Waals surface area contributed by atoms with Gasteiger partial charge in [-0.05, 0) is 57.0 Å². The summed E-state index contributed by atoms with van der Waals surface area (Å²) in [5, 5.41) is 2.78. The number of hydrogen-bond donors (Lipinski definition) is 1. The van der Waals surface area contributed by atoms with E-state index < -0.39 is 22.0 Å². The maximum absolute atomic E-state index is 12.8. The Bertz CT molecular complexity index is 908. The van der Waals surface area contributed by atoms with Crippen LogP contribution in [0.25, 0.3) is 0 Å². The Morgan fingerprint density at radius 2 is 1.75 bits per heavy atom. The van der Waals surface area contributed by atoms with E-state index in [1.54, 1.807) is 43.3 Å². The Morgan fingerprint density at radius 3 is 2.29 bits per heavy atom. The van der Waals surface area contributed by atoms with Crippen LogP contribution in [0.5, 0.6) is 5.75 Å². The maximum atomic E-state index is 12.8. The van der Waals surface area contributed by atoms with Crippen molar-refractivity contribution >= 4 is 27.3 Å². The molecule has 0 aliphatic heterocycles. The summed E-state index contributed by atoms with van der Waals surface area (Å²) in [4.78, 5) is 12.8. The molecule has 1 unspecified atom stereocenters. The summed E-state index contributed by atoms with van der Waals surface area (Å²) in [6, 6.07) is 13.3. The van der Waals surface area contributed by atoms with E-state index in [1.165, 1.54) is 0 Å². The molecule has 6 nitrogen and oxygen atoms in total. The van der Waals surface area contributed by atoms with E-state index in [4.69, 9.17) is 4.74 Å². The van der Waals surface area contributed by atoms with Crippen molar-refractivity contribution in [3.8, 4) is 5.75 Å². The van der Waals surface area contributed by atoms with Crippen LogP contribution in [0.4, 0.5) is 11.4 Å². The highest BCUT2D eigenvalue weighted by molar-refractivity contribution is 7.92. The number of hydrogen-bond acceptors (Lipinski definition) is 4. The summed E-state index contributed by atoms with van der Waals surface area (Å²) in [6.45, 7) is 7.43. The molecule has 2 rings (SSSR count). The van der Waals surface area contributed by atoms with Gasteiger partial charge in [0.1, 0.15) is 11.8 Å².